The van der Waals surface area contributed by atoms with Gasteiger partial charge in [0.1, 0.15) is 23.2 Å². The first-order chi connectivity index (χ1) is 34.2. The molecule has 69 heavy (non-hydrogen) atoms. The second kappa shape index (κ2) is 14.6. The van der Waals surface area contributed by atoms with Crippen molar-refractivity contribution in [1.82, 2.24) is 14.5 Å². The summed E-state index contributed by atoms with van der Waals surface area (Å²) in [5.41, 5.74) is 11.1. The highest BCUT2D eigenvalue weighted by Gasteiger charge is 2.27. The SMILES string of the molecule is c1ccc(-n2c3ccccc3c3ccc(C4=NC(c5cccc6ccccc56)NC(c5cc(-n6c7cc8ccccc8cc7c7c8ccccc8ccc76)cc6oc7ccccc7c56)=N4)cc32)cc1. The van der Waals surface area contributed by atoms with Gasteiger partial charge in [-0.3, -0.25) is 0 Å². The normalized spacial score (nSPS) is 14.2. The fraction of sp³-hybridized carbons (Fsp3) is 0.0159. The maximum Gasteiger partial charge on any atom is 0.159 e. The van der Waals surface area contributed by atoms with Crippen molar-refractivity contribution in [2.75, 3.05) is 0 Å². The third kappa shape index (κ3) is 5.73. The van der Waals surface area contributed by atoms with Crippen LogP contribution in [0.1, 0.15) is 22.9 Å². The molecule has 1 atom stereocenters. The maximum atomic E-state index is 6.87. The van der Waals surface area contributed by atoms with Crippen LogP contribution in [0.2, 0.25) is 0 Å². The van der Waals surface area contributed by atoms with E-state index >= 15 is 0 Å². The van der Waals surface area contributed by atoms with Gasteiger partial charge in [0.2, 0.25) is 0 Å². The van der Waals surface area contributed by atoms with Crippen LogP contribution >= 0.6 is 0 Å². The van der Waals surface area contributed by atoms with Gasteiger partial charge in [-0.05, 0) is 86.9 Å². The van der Waals surface area contributed by atoms with Gasteiger partial charge in [-0.1, -0.05) is 164 Å². The Labute approximate surface area is 395 Å². The molecule has 6 heteroatoms. The van der Waals surface area contributed by atoms with Gasteiger partial charge in [0.15, 0.2) is 5.84 Å². The number of aromatic nitrogens is 2. The van der Waals surface area contributed by atoms with E-state index < -0.39 is 6.17 Å². The van der Waals surface area contributed by atoms with Gasteiger partial charge in [-0.15, -0.1) is 0 Å². The zero-order valence-corrected chi connectivity index (χ0v) is 37.1. The van der Waals surface area contributed by atoms with Crippen molar-refractivity contribution in [3.05, 3.63) is 241 Å². The maximum absolute atomic E-state index is 6.87. The highest BCUT2D eigenvalue weighted by Crippen LogP contribution is 2.42. The number of hydrogen-bond donors (Lipinski definition) is 1. The van der Waals surface area contributed by atoms with Crippen LogP contribution in [-0.2, 0) is 0 Å². The predicted octanol–water partition coefficient (Wildman–Crippen LogP) is 15.7. The zero-order chi connectivity index (χ0) is 45.2. The second-order valence-electron chi connectivity index (χ2n) is 18.1. The minimum Gasteiger partial charge on any atom is -0.456 e. The number of para-hydroxylation sites is 3. The number of benzene rings is 11. The van der Waals surface area contributed by atoms with Crippen molar-refractivity contribution in [2.24, 2.45) is 9.98 Å². The Kier molecular flexibility index (Phi) is 8.03. The Morgan fingerprint density at radius 2 is 1.04 bits per heavy atom. The monoisotopic (exact) mass is 881 g/mol. The van der Waals surface area contributed by atoms with Gasteiger partial charge in [-0.25, -0.2) is 9.98 Å². The number of nitrogens with zero attached hydrogens (tertiary/aromatic N) is 4. The van der Waals surface area contributed by atoms with Gasteiger partial charge in [0.25, 0.3) is 0 Å². The average molecular weight is 882 g/mol. The Morgan fingerprint density at radius 3 is 1.90 bits per heavy atom. The molecule has 1 N–H and O–H groups in total. The highest BCUT2D eigenvalue weighted by molar-refractivity contribution is 6.25. The van der Waals surface area contributed by atoms with Crippen molar-refractivity contribution in [2.45, 2.75) is 6.17 Å². The lowest BCUT2D eigenvalue weighted by molar-refractivity contribution is 0.668. The van der Waals surface area contributed by atoms with Crippen LogP contribution in [0.3, 0.4) is 0 Å². The summed E-state index contributed by atoms with van der Waals surface area (Å²) in [7, 11) is 0. The molecular weight excluding hydrogens is 843 g/mol. The van der Waals surface area contributed by atoms with E-state index in [1.165, 1.54) is 43.1 Å². The molecule has 0 aliphatic carbocycles. The lowest BCUT2D eigenvalue weighted by Gasteiger charge is -2.25. The molecule has 0 fully saturated rings. The summed E-state index contributed by atoms with van der Waals surface area (Å²) >= 11 is 0. The molecule has 0 amide bonds. The van der Waals surface area contributed by atoms with Crippen LogP contribution in [-0.4, -0.2) is 20.8 Å². The molecule has 15 rings (SSSR count). The van der Waals surface area contributed by atoms with E-state index in [1.807, 2.05) is 6.07 Å². The van der Waals surface area contributed by atoms with Crippen LogP contribution in [0.15, 0.2) is 239 Å². The molecule has 1 unspecified atom stereocenters. The lowest BCUT2D eigenvalue weighted by Crippen LogP contribution is -2.34. The van der Waals surface area contributed by atoms with Crippen molar-refractivity contribution < 1.29 is 4.42 Å². The van der Waals surface area contributed by atoms with E-state index in [2.05, 4.69) is 233 Å². The van der Waals surface area contributed by atoms with Crippen LogP contribution in [0.5, 0.6) is 0 Å². The topological polar surface area (TPSA) is 59.8 Å². The van der Waals surface area contributed by atoms with E-state index in [0.29, 0.717) is 5.84 Å². The Balaban J connectivity index is 1.01. The summed E-state index contributed by atoms with van der Waals surface area (Å²) in [6.07, 6.45) is -0.461. The van der Waals surface area contributed by atoms with Gasteiger partial charge in [0.05, 0.1) is 27.8 Å². The summed E-state index contributed by atoms with van der Waals surface area (Å²) in [4.78, 5) is 11.1. The fourth-order valence-electron chi connectivity index (χ4n) is 11.2. The molecule has 0 saturated carbocycles. The van der Waals surface area contributed by atoms with Gasteiger partial charge in [-0.2, -0.15) is 0 Å². The summed E-state index contributed by atoms with van der Waals surface area (Å²) in [6, 6.07) is 80.4. The minimum atomic E-state index is -0.461. The molecule has 1 aliphatic rings. The van der Waals surface area contributed by atoms with E-state index in [4.69, 9.17) is 14.4 Å². The Morgan fingerprint density at radius 1 is 0.391 bits per heavy atom. The predicted molar refractivity (Wildman–Crippen MR) is 287 cm³/mol. The summed E-state index contributed by atoms with van der Waals surface area (Å²) in [5.74, 6) is 1.37. The summed E-state index contributed by atoms with van der Waals surface area (Å²) < 4.78 is 11.6. The third-order valence-electron chi connectivity index (χ3n) is 14.3. The smallest absolute Gasteiger partial charge is 0.159 e. The minimum absolute atomic E-state index is 0.461. The summed E-state index contributed by atoms with van der Waals surface area (Å²) in [5, 5.41) is 17.9. The van der Waals surface area contributed by atoms with Crippen molar-refractivity contribution in [1.29, 1.82) is 0 Å². The van der Waals surface area contributed by atoms with Gasteiger partial charge < -0.3 is 18.9 Å². The van der Waals surface area contributed by atoms with Crippen LogP contribution in [0.4, 0.5) is 0 Å². The second-order valence-corrected chi connectivity index (χ2v) is 18.1. The van der Waals surface area contributed by atoms with E-state index in [9.17, 15) is 0 Å². The number of nitrogens with one attached hydrogen (secondary N) is 1. The van der Waals surface area contributed by atoms with Crippen LogP contribution in [0, 0.1) is 0 Å². The van der Waals surface area contributed by atoms with Crippen molar-refractivity contribution in [3.63, 3.8) is 0 Å². The molecular formula is C63H39N5O. The number of furan rings is 1. The Bertz CT molecular complexity index is 4530. The van der Waals surface area contributed by atoms with E-state index in [-0.39, 0.29) is 0 Å². The highest BCUT2D eigenvalue weighted by atomic mass is 16.3. The number of amidine groups is 2. The van der Waals surface area contributed by atoms with Crippen LogP contribution < -0.4 is 5.32 Å². The largest absolute Gasteiger partial charge is 0.456 e. The van der Waals surface area contributed by atoms with Crippen molar-refractivity contribution >= 4 is 110 Å². The number of rotatable bonds is 5. The van der Waals surface area contributed by atoms with Gasteiger partial charge >= 0.3 is 0 Å². The molecule has 0 saturated heterocycles. The van der Waals surface area contributed by atoms with Crippen molar-refractivity contribution in [3.8, 4) is 11.4 Å². The molecule has 322 valence electrons. The molecule has 14 aromatic rings. The first-order valence-corrected chi connectivity index (χ1v) is 23.5. The lowest BCUT2D eigenvalue weighted by atomic mass is 10.00. The van der Waals surface area contributed by atoms with Gasteiger partial charge in [0, 0.05) is 60.8 Å². The molecule has 0 spiro atoms. The quantitative estimate of drug-likeness (QED) is 0.187. The molecule has 1 aliphatic heterocycles. The van der Waals surface area contributed by atoms with E-state index in [1.54, 1.807) is 0 Å². The molecule has 11 aromatic carbocycles. The standard InChI is InChI=1S/C63H39N5O/c1-2-20-43(21-3-1)67-53-27-12-10-24-47(53)48-31-29-42(35-55(48)67)61-64-62(49-26-14-19-38-15-6-8-22-45(38)49)66-63(65-61)52-36-44(37-58-60(52)50-25-11-13-28-57(50)69-58)68-54-32-30-39-16-7-9-23-46(39)59(54)51-33-40-17-4-5-18-41(40)34-56(51)68/h1-37,62H,(H,64,65,66). The van der Waals surface area contributed by atoms with E-state index in [0.717, 1.165) is 88.7 Å². The molecule has 6 nitrogen and oxygen atoms in total. The zero-order valence-electron chi connectivity index (χ0n) is 37.1. The molecule has 3 aromatic heterocycles. The number of hydrogen-bond acceptors (Lipinski definition) is 4. The fourth-order valence-corrected chi connectivity index (χ4v) is 11.2. The first kappa shape index (κ1) is 37.9. The third-order valence-corrected chi connectivity index (χ3v) is 14.3. The number of fused-ring (bicyclic) bond motifs is 13. The van der Waals surface area contributed by atoms with Crippen LogP contribution in [0.25, 0.3) is 109 Å². The average Bonchev–Trinajstić information content (AvgIpc) is 4.07. The summed E-state index contributed by atoms with van der Waals surface area (Å²) in [6.45, 7) is 0. The number of aliphatic imine (C=N–C) groups is 2. The molecule has 0 bridgehead atoms. The molecule has 4 heterocycles. The molecule has 0 radical (unpaired) electrons. The Hall–Kier alpha value is -9.26. The first-order valence-electron chi connectivity index (χ1n) is 23.5.